The van der Waals surface area contributed by atoms with E-state index in [0.717, 1.165) is 5.56 Å². The first-order chi connectivity index (χ1) is 13.2. The van der Waals surface area contributed by atoms with Crippen LogP contribution in [0.25, 0.3) is 0 Å². The van der Waals surface area contributed by atoms with Crippen molar-refractivity contribution in [1.29, 1.82) is 0 Å². The van der Waals surface area contributed by atoms with Crippen LogP contribution < -0.4 is 9.47 Å². The maximum absolute atomic E-state index is 12.4. The summed E-state index contributed by atoms with van der Waals surface area (Å²) in [5, 5.41) is 0. The van der Waals surface area contributed by atoms with Crippen LogP contribution >= 0.6 is 0 Å². The van der Waals surface area contributed by atoms with E-state index in [1.165, 1.54) is 0 Å². The van der Waals surface area contributed by atoms with Gasteiger partial charge >= 0.3 is 11.9 Å². The maximum Gasteiger partial charge on any atom is 0.343 e. The summed E-state index contributed by atoms with van der Waals surface area (Å²) < 4.78 is 11.0. The van der Waals surface area contributed by atoms with Crippen LogP contribution in [0.1, 0.15) is 26.3 Å². The van der Waals surface area contributed by atoms with Gasteiger partial charge in [-0.05, 0) is 48.4 Å². The third kappa shape index (κ3) is 4.70. The van der Waals surface area contributed by atoms with Gasteiger partial charge in [-0.1, -0.05) is 48.5 Å². The van der Waals surface area contributed by atoms with E-state index >= 15 is 0 Å². The number of carbonyl (C=O) groups is 2. The standard InChI is InChI=1S/C23H18O4/c1-2-9-17-14-15-20(26-22(24)18-10-5-3-6-11-18)21(16-17)27-23(25)19-12-7-4-8-13-19/h2-8,10-16H,1,9H2. The van der Waals surface area contributed by atoms with Crippen molar-refractivity contribution in [1.82, 2.24) is 0 Å². The average molecular weight is 358 g/mol. The predicted molar refractivity (Wildman–Crippen MR) is 103 cm³/mol. The number of ether oxygens (including phenoxy) is 2. The van der Waals surface area contributed by atoms with Crippen LogP contribution in [0.5, 0.6) is 11.5 Å². The van der Waals surface area contributed by atoms with Crippen molar-refractivity contribution in [3.8, 4) is 11.5 Å². The van der Waals surface area contributed by atoms with Gasteiger partial charge in [0.15, 0.2) is 11.5 Å². The lowest BCUT2D eigenvalue weighted by molar-refractivity contribution is 0.0682. The largest absolute Gasteiger partial charge is 0.419 e. The minimum Gasteiger partial charge on any atom is -0.419 e. The number of benzene rings is 3. The molecule has 0 bridgehead atoms. The molecule has 4 nitrogen and oxygen atoms in total. The van der Waals surface area contributed by atoms with Crippen LogP contribution in [0, 0.1) is 0 Å². The molecule has 0 heterocycles. The molecule has 3 aromatic carbocycles. The second-order valence-corrected chi connectivity index (χ2v) is 5.78. The molecule has 0 spiro atoms. The monoisotopic (exact) mass is 358 g/mol. The second-order valence-electron chi connectivity index (χ2n) is 5.78. The molecule has 0 radical (unpaired) electrons. The molecule has 0 fully saturated rings. The fraction of sp³-hybridized carbons (Fsp3) is 0.0435. The minimum atomic E-state index is -0.525. The molecule has 3 aromatic rings. The molecule has 0 aromatic heterocycles. The SMILES string of the molecule is C=CCc1ccc(OC(=O)c2ccccc2)c(OC(=O)c2ccccc2)c1. The summed E-state index contributed by atoms with van der Waals surface area (Å²) in [5.41, 5.74) is 1.71. The summed E-state index contributed by atoms with van der Waals surface area (Å²) in [4.78, 5) is 24.8. The summed E-state index contributed by atoms with van der Waals surface area (Å²) >= 11 is 0. The fourth-order valence-corrected chi connectivity index (χ4v) is 2.48. The quantitative estimate of drug-likeness (QED) is 0.359. The molecular weight excluding hydrogens is 340 g/mol. The van der Waals surface area contributed by atoms with Gasteiger partial charge in [0.25, 0.3) is 0 Å². The summed E-state index contributed by atoms with van der Waals surface area (Å²) in [6.07, 6.45) is 2.34. The topological polar surface area (TPSA) is 52.6 Å². The van der Waals surface area contributed by atoms with Crippen LogP contribution in [0.15, 0.2) is 91.5 Å². The summed E-state index contributed by atoms with van der Waals surface area (Å²) in [6.45, 7) is 3.71. The Labute approximate surface area is 157 Å². The molecule has 0 aliphatic heterocycles. The van der Waals surface area contributed by atoms with Gasteiger partial charge in [-0.25, -0.2) is 9.59 Å². The summed E-state index contributed by atoms with van der Waals surface area (Å²) in [7, 11) is 0. The normalized spacial score (nSPS) is 10.1. The van der Waals surface area contributed by atoms with Crippen molar-refractivity contribution in [2.24, 2.45) is 0 Å². The van der Waals surface area contributed by atoms with E-state index in [9.17, 15) is 9.59 Å². The fourth-order valence-electron chi connectivity index (χ4n) is 2.48. The first-order valence-electron chi connectivity index (χ1n) is 8.45. The zero-order valence-corrected chi connectivity index (χ0v) is 14.6. The number of allylic oxidation sites excluding steroid dienone is 1. The number of carbonyl (C=O) groups excluding carboxylic acids is 2. The van der Waals surface area contributed by atoms with E-state index in [2.05, 4.69) is 6.58 Å². The Hall–Kier alpha value is -3.66. The van der Waals surface area contributed by atoms with Gasteiger partial charge in [0.1, 0.15) is 0 Å². The van der Waals surface area contributed by atoms with E-state index in [4.69, 9.17) is 9.47 Å². The van der Waals surface area contributed by atoms with Crippen molar-refractivity contribution in [2.75, 3.05) is 0 Å². The van der Waals surface area contributed by atoms with Gasteiger partial charge in [-0.3, -0.25) is 0 Å². The maximum atomic E-state index is 12.4. The first kappa shape index (κ1) is 18.1. The third-order valence-electron chi connectivity index (χ3n) is 3.81. The Morgan fingerprint density at radius 1 is 0.741 bits per heavy atom. The number of esters is 2. The van der Waals surface area contributed by atoms with Crippen LogP contribution in [0.3, 0.4) is 0 Å². The van der Waals surface area contributed by atoms with E-state index < -0.39 is 11.9 Å². The van der Waals surface area contributed by atoms with Gasteiger partial charge in [0.05, 0.1) is 11.1 Å². The molecule has 0 saturated heterocycles. The summed E-state index contributed by atoms with van der Waals surface area (Å²) in [5.74, 6) is -0.680. The minimum absolute atomic E-state index is 0.181. The van der Waals surface area contributed by atoms with E-state index in [1.807, 2.05) is 12.1 Å². The molecule has 0 aliphatic carbocycles. The first-order valence-corrected chi connectivity index (χ1v) is 8.45. The number of hydrogen-bond donors (Lipinski definition) is 0. The number of rotatable bonds is 6. The summed E-state index contributed by atoms with van der Waals surface area (Å²) in [6, 6.07) is 22.4. The highest BCUT2D eigenvalue weighted by Gasteiger charge is 2.16. The Balaban J connectivity index is 1.87. The van der Waals surface area contributed by atoms with Crippen molar-refractivity contribution >= 4 is 11.9 Å². The van der Waals surface area contributed by atoms with E-state index in [-0.39, 0.29) is 11.5 Å². The molecule has 0 saturated carbocycles. The average Bonchev–Trinajstić information content (AvgIpc) is 2.71. The molecular formula is C23H18O4. The lowest BCUT2D eigenvalue weighted by atomic mass is 10.1. The molecule has 0 amide bonds. The molecule has 0 unspecified atom stereocenters. The van der Waals surface area contributed by atoms with Gasteiger partial charge < -0.3 is 9.47 Å². The zero-order chi connectivity index (χ0) is 19.1. The Morgan fingerprint density at radius 2 is 1.26 bits per heavy atom. The molecule has 0 N–H and O–H groups in total. The molecule has 4 heteroatoms. The van der Waals surface area contributed by atoms with Crippen molar-refractivity contribution in [2.45, 2.75) is 6.42 Å². The van der Waals surface area contributed by atoms with Crippen LogP contribution in [0.4, 0.5) is 0 Å². The number of hydrogen-bond acceptors (Lipinski definition) is 4. The Morgan fingerprint density at radius 3 is 1.78 bits per heavy atom. The van der Waals surface area contributed by atoms with Gasteiger partial charge in [0, 0.05) is 0 Å². The van der Waals surface area contributed by atoms with Crippen molar-refractivity contribution < 1.29 is 19.1 Å². The highest BCUT2D eigenvalue weighted by Crippen LogP contribution is 2.30. The third-order valence-corrected chi connectivity index (χ3v) is 3.81. The molecule has 3 rings (SSSR count). The highest BCUT2D eigenvalue weighted by atomic mass is 16.6. The zero-order valence-electron chi connectivity index (χ0n) is 14.6. The van der Waals surface area contributed by atoms with Crippen LogP contribution in [0.2, 0.25) is 0 Å². The molecule has 0 atom stereocenters. The molecule has 0 aliphatic rings. The second kappa shape index (κ2) is 8.63. The molecule has 134 valence electrons. The van der Waals surface area contributed by atoms with E-state index in [1.54, 1.807) is 72.8 Å². The lowest BCUT2D eigenvalue weighted by Gasteiger charge is -2.12. The van der Waals surface area contributed by atoms with E-state index in [0.29, 0.717) is 17.5 Å². The van der Waals surface area contributed by atoms with Crippen molar-refractivity contribution in [3.05, 3.63) is 108 Å². The van der Waals surface area contributed by atoms with Crippen LogP contribution in [-0.2, 0) is 6.42 Å². The molecule has 27 heavy (non-hydrogen) atoms. The Kier molecular flexibility index (Phi) is 5.80. The lowest BCUT2D eigenvalue weighted by Crippen LogP contribution is -2.12. The van der Waals surface area contributed by atoms with Gasteiger partial charge in [0.2, 0.25) is 0 Å². The van der Waals surface area contributed by atoms with Crippen molar-refractivity contribution in [3.63, 3.8) is 0 Å². The predicted octanol–water partition coefficient (Wildman–Crippen LogP) is 4.85. The Bertz CT molecular complexity index is 947. The smallest absolute Gasteiger partial charge is 0.343 e. The van der Waals surface area contributed by atoms with Crippen LogP contribution in [-0.4, -0.2) is 11.9 Å². The highest BCUT2D eigenvalue weighted by molar-refractivity contribution is 5.93. The van der Waals surface area contributed by atoms with Gasteiger partial charge in [-0.15, -0.1) is 6.58 Å². The van der Waals surface area contributed by atoms with Gasteiger partial charge in [-0.2, -0.15) is 0 Å².